The van der Waals surface area contributed by atoms with E-state index in [1.807, 2.05) is 7.05 Å². The van der Waals surface area contributed by atoms with Crippen molar-refractivity contribution in [2.24, 2.45) is 0 Å². The number of hydrogen-bond donors (Lipinski definition) is 0. The van der Waals surface area contributed by atoms with Gasteiger partial charge in [-0.3, -0.25) is 10.1 Å². The number of para-hydroxylation sites is 1. The van der Waals surface area contributed by atoms with Gasteiger partial charge >= 0.3 is 0 Å². The molecule has 26 heavy (non-hydrogen) atoms. The quantitative estimate of drug-likeness (QED) is 0.565. The topological polar surface area (TPSA) is 96.9 Å². The average Bonchev–Trinajstić information content (AvgIpc) is 3.14. The Hall–Kier alpha value is -2.23. The first-order chi connectivity index (χ1) is 12.4. The van der Waals surface area contributed by atoms with Crippen LogP contribution in [-0.2, 0) is 16.6 Å². The van der Waals surface area contributed by atoms with Crippen molar-refractivity contribution < 1.29 is 17.8 Å². The van der Waals surface area contributed by atoms with Gasteiger partial charge in [-0.2, -0.15) is 4.31 Å². The smallest absolute Gasteiger partial charge is 0.289 e. The lowest BCUT2D eigenvalue weighted by molar-refractivity contribution is -0.387. The maximum atomic E-state index is 13.3. The summed E-state index contributed by atoms with van der Waals surface area (Å²) in [7, 11) is -2.07. The fourth-order valence-corrected chi connectivity index (χ4v) is 5.01. The molecule has 0 saturated carbocycles. The van der Waals surface area contributed by atoms with Gasteiger partial charge in [0.25, 0.3) is 15.7 Å². The van der Waals surface area contributed by atoms with E-state index in [2.05, 4.69) is 4.90 Å². The molecule has 0 aliphatic carbocycles. The molecule has 0 bridgehead atoms. The zero-order valence-corrected chi connectivity index (χ0v) is 15.3. The van der Waals surface area contributed by atoms with Gasteiger partial charge in [0.15, 0.2) is 4.90 Å². The van der Waals surface area contributed by atoms with Crippen LogP contribution in [0.1, 0.15) is 18.6 Å². The number of piperidine rings is 1. The van der Waals surface area contributed by atoms with Crippen LogP contribution in [0.5, 0.6) is 0 Å². The number of sulfonamides is 1. The highest BCUT2D eigenvalue weighted by Crippen LogP contribution is 2.31. The zero-order valence-electron chi connectivity index (χ0n) is 14.4. The number of likely N-dealkylation sites (tertiary alicyclic amines) is 1. The lowest BCUT2D eigenvalue weighted by Crippen LogP contribution is -2.46. The Morgan fingerprint density at radius 2 is 1.92 bits per heavy atom. The van der Waals surface area contributed by atoms with Gasteiger partial charge < -0.3 is 9.32 Å². The fraction of sp³-hybridized carbons (Fsp3) is 0.412. The summed E-state index contributed by atoms with van der Waals surface area (Å²) < 4.78 is 33.3. The second-order valence-corrected chi connectivity index (χ2v) is 8.25. The first-order valence-corrected chi connectivity index (χ1v) is 9.80. The lowest BCUT2D eigenvalue weighted by atomic mass is 10.1. The number of benzene rings is 1. The third kappa shape index (κ3) is 3.79. The Kier molecular flexibility index (Phi) is 5.40. The van der Waals surface area contributed by atoms with Gasteiger partial charge in [0, 0.05) is 12.1 Å². The average molecular weight is 379 g/mol. The van der Waals surface area contributed by atoms with Gasteiger partial charge in [-0.15, -0.1) is 0 Å². The summed E-state index contributed by atoms with van der Waals surface area (Å²) >= 11 is 0. The molecule has 8 nitrogen and oxygen atoms in total. The van der Waals surface area contributed by atoms with Crippen LogP contribution >= 0.6 is 0 Å². The van der Waals surface area contributed by atoms with Crippen LogP contribution in [0.2, 0.25) is 0 Å². The number of hydrogen-bond acceptors (Lipinski definition) is 6. The molecule has 0 atom stereocenters. The van der Waals surface area contributed by atoms with Crippen LogP contribution in [0, 0.1) is 10.1 Å². The number of nitro groups is 1. The van der Waals surface area contributed by atoms with Crippen LogP contribution in [0.4, 0.5) is 5.69 Å². The van der Waals surface area contributed by atoms with Gasteiger partial charge in [0.1, 0.15) is 5.76 Å². The van der Waals surface area contributed by atoms with E-state index < -0.39 is 20.6 Å². The fourth-order valence-electron chi connectivity index (χ4n) is 3.20. The highest BCUT2D eigenvalue weighted by Gasteiger charge is 2.37. The van der Waals surface area contributed by atoms with E-state index in [-0.39, 0.29) is 17.5 Å². The molecule has 9 heteroatoms. The van der Waals surface area contributed by atoms with Crippen LogP contribution in [0.15, 0.2) is 52.0 Å². The molecular formula is C17H21N3O5S. The predicted octanol–water partition coefficient (Wildman–Crippen LogP) is 2.47. The molecule has 1 saturated heterocycles. The van der Waals surface area contributed by atoms with Crippen molar-refractivity contribution in [3.63, 3.8) is 0 Å². The summed E-state index contributed by atoms with van der Waals surface area (Å²) in [6.45, 7) is 1.59. The van der Waals surface area contributed by atoms with Crippen LogP contribution in [-0.4, -0.2) is 48.7 Å². The molecule has 0 unspecified atom stereocenters. The van der Waals surface area contributed by atoms with Gasteiger partial charge in [0.05, 0.1) is 17.7 Å². The molecule has 140 valence electrons. The number of nitrogens with zero attached hydrogens (tertiary/aromatic N) is 3. The summed E-state index contributed by atoms with van der Waals surface area (Å²) in [5.41, 5.74) is -0.412. The van der Waals surface area contributed by atoms with E-state index in [4.69, 9.17) is 4.42 Å². The maximum Gasteiger partial charge on any atom is 0.289 e. The molecule has 0 spiro atoms. The molecule has 1 aromatic carbocycles. The largest absolute Gasteiger partial charge is 0.468 e. The maximum absolute atomic E-state index is 13.3. The summed E-state index contributed by atoms with van der Waals surface area (Å²) in [5, 5.41) is 11.3. The van der Waals surface area contributed by atoms with E-state index in [1.165, 1.54) is 34.8 Å². The molecule has 3 rings (SSSR count). The van der Waals surface area contributed by atoms with Crippen molar-refractivity contribution in [2.75, 3.05) is 20.1 Å². The normalized spacial score (nSPS) is 16.8. The van der Waals surface area contributed by atoms with E-state index in [0.29, 0.717) is 18.6 Å². The van der Waals surface area contributed by atoms with E-state index in [9.17, 15) is 18.5 Å². The zero-order chi connectivity index (χ0) is 18.7. The molecular weight excluding hydrogens is 358 g/mol. The summed E-state index contributed by atoms with van der Waals surface area (Å²) in [6, 6.07) is 8.63. The molecule has 0 radical (unpaired) electrons. The van der Waals surface area contributed by atoms with Gasteiger partial charge in [-0.1, -0.05) is 12.1 Å². The van der Waals surface area contributed by atoms with Crippen molar-refractivity contribution in [1.82, 2.24) is 9.21 Å². The highest BCUT2D eigenvalue weighted by atomic mass is 32.2. The van der Waals surface area contributed by atoms with Crippen molar-refractivity contribution in [2.45, 2.75) is 30.3 Å². The molecule has 1 aliphatic heterocycles. The second-order valence-electron chi connectivity index (χ2n) is 6.39. The van der Waals surface area contributed by atoms with Gasteiger partial charge in [-0.05, 0) is 51.2 Å². The minimum absolute atomic E-state index is 0.0514. The summed E-state index contributed by atoms with van der Waals surface area (Å²) in [4.78, 5) is 12.5. The Balaban J connectivity index is 2.01. The molecule has 1 aromatic heterocycles. The first kappa shape index (κ1) is 18.6. The summed E-state index contributed by atoms with van der Waals surface area (Å²) in [6.07, 6.45) is 2.81. The second kappa shape index (κ2) is 7.56. The molecule has 0 amide bonds. The third-order valence-electron chi connectivity index (χ3n) is 4.64. The number of nitro benzene ring substituents is 1. The molecule has 2 aromatic rings. The minimum atomic E-state index is -4.06. The Bertz CT molecular complexity index is 858. The van der Waals surface area contributed by atoms with Gasteiger partial charge in [-0.25, -0.2) is 8.42 Å². The van der Waals surface area contributed by atoms with E-state index >= 15 is 0 Å². The molecule has 1 aliphatic rings. The monoisotopic (exact) mass is 379 g/mol. The standard InChI is InChI=1S/C17H21N3O5S/c1-18-10-8-14(9-11-18)19(13-15-5-4-12-25-15)26(23,24)17-7-3-2-6-16(17)20(21)22/h2-7,12,14H,8-11,13H2,1H3. The van der Waals surface area contributed by atoms with Crippen molar-refractivity contribution >= 4 is 15.7 Å². The van der Waals surface area contributed by atoms with E-state index in [0.717, 1.165) is 13.1 Å². The van der Waals surface area contributed by atoms with Crippen LogP contribution in [0.3, 0.4) is 0 Å². The SMILES string of the molecule is CN1CCC(N(Cc2ccco2)S(=O)(=O)c2ccccc2[N+](=O)[O-])CC1. The Labute approximate surface area is 152 Å². The van der Waals surface area contributed by atoms with Crippen LogP contribution < -0.4 is 0 Å². The molecule has 1 fully saturated rings. The van der Waals surface area contributed by atoms with E-state index in [1.54, 1.807) is 12.1 Å². The van der Waals surface area contributed by atoms with Crippen molar-refractivity contribution in [3.05, 3.63) is 58.5 Å². The Morgan fingerprint density at radius 1 is 1.23 bits per heavy atom. The van der Waals surface area contributed by atoms with Gasteiger partial charge in [0.2, 0.25) is 0 Å². The van der Waals surface area contributed by atoms with Crippen LogP contribution in [0.25, 0.3) is 0 Å². The highest BCUT2D eigenvalue weighted by molar-refractivity contribution is 7.89. The Morgan fingerprint density at radius 3 is 2.54 bits per heavy atom. The lowest BCUT2D eigenvalue weighted by Gasteiger charge is -2.36. The minimum Gasteiger partial charge on any atom is -0.468 e. The number of rotatable bonds is 6. The number of furan rings is 1. The third-order valence-corrected chi connectivity index (χ3v) is 6.58. The van der Waals surface area contributed by atoms with Crippen molar-refractivity contribution in [1.29, 1.82) is 0 Å². The molecule has 2 heterocycles. The predicted molar refractivity (Wildman–Crippen MR) is 95.1 cm³/mol. The van der Waals surface area contributed by atoms with Crippen molar-refractivity contribution in [3.8, 4) is 0 Å². The first-order valence-electron chi connectivity index (χ1n) is 8.36. The summed E-state index contributed by atoms with van der Waals surface area (Å²) in [5.74, 6) is 0.506. The molecule has 0 N–H and O–H groups in total.